The summed E-state index contributed by atoms with van der Waals surface area (Å²) in [5.74, 6) is 0. The first-order valence-corrected chi connectivity index (χ1v) is 16.8. The zero-order chi connectivity index (χ0) is 30.0. The molecule has 8 aromatic carbocycles. The standard InChI is InChI=1S/C45H26S/c1-2-10-29-26-41-36(23-28(29)9-1)33-14-4-6-17-39(33)45(41)38-16-5-3-13-32(38)35-24-30(19-21-40(35)45)31-20-22-42-37(25-31)34-15-7-11-27-12-8-18-43(46-42)44(27)34/h1-26H. The predicted molar refractivity (Wildman–Crippen MR) is 193 cm³/mol. The number of rotatable bonds is 1. The van der Waals surface area contributed by atoms with Crippen molar-refractivity contribution in [1.29, 1.82) is 0 Å². The van der Waals surface area contributed by atoms with Gasteiger partial charge in [0, 0.05) is 15.2 Å². The molecule has 0 aromatic heterocycles. The molecule has 1 atom stereocenters. The van der Waals surface area contributed by atoms with E-state index in [4.69, 9.17) is 0 Å². The van der Waals surface area contributed by atoms with Crippen LogP contribution < -0.4 is 0 Å². The number of hydrogen-bond acceptors (Lipinski definition) is 1. The molecule has 0 saturated heterocycles. The summed E-state index contributed by atoms with van der Waals surface area (Å²) in [7, 11) is 0. The molecule has 1 heteroatoms. The largest absolute Gasteiger partial charge is 0.0888 e. The van der Waals surface area contributed by atoms with Crippen LogP contribution in [0.25, 0.3) is 66.1 Å². The van der Waals surface area contributed by atoms with Crippen LogP contribution in [0.2, 0.25) is 0 Å². The quantitative estimate of drug-likeness (QED) is 0.181. The first-order chi connectivity index (χ1) is 22.8. The van der Waals surface area contributed by atoms with Gasteiger partial charge in [-0.25, -0.2) is 0 Å². The summed E-state index contributed by atoms with van der Waals surface area (Å²) in [5, 5.41) is 5.26. The minimum atomic E-state index is -0.341. The van der Waals surface area contributed by atoms with E-state index >= 15 is 0 Å². The summed E-state index contributed by atoms with van der Waals surface area (Å²) < 4.78 is 0. The molecular weight excluding hydrogens is 573 g/mol. The molecule has 1 spiro atoms. The maximum atomic E-state index is 2.46. The second-order valence-electron chi connectivity index (χ2n) is 12.8. The maximum Gasteiger partial charge on any atom is 0.0725 e. The molecule has 11 rings (SSSR count). The van der Waals surface area contributed by atoms with Crippen LogP contribution in [0.3, 0.4) is 0 Å². The summed E-state index contributed by atoms with van der Waals surface area (Å²) in [4.78, 5) is 2.67. The van der Waals surface area contributed by atoms with Gasteiger partial charge in [-0.1, -0.05) is 133 Å². The zero-order valence-corrected chi connectivity index (χ0v) is 25.7. The second kappa shape index (κ2) is 8.88. The number of hydrogen-bond donors (Lipinski definition) is 0. The number of benzene rings is 8. The summed E-state index contributed by atoms with van der Waals surface area (Å²) in [6.07, 6.45) is 0. The Kier molecular flexibility index (Phi) is 4.80. The third-order valence-corrected chi connectivity index (χ3v) is 11.8. The Balaban J connectivity index is 1.15. The third-order valence-electron chi connectivity index (χ3n) is 10.6. The van der Waals surface area contributed by atoms with Gasteiger partial charge >= 0.3 is 0 Å². The monoisotopic (exact) mass is 598 g/mol. The highest BCUT2D eigenvalue weighted by Gasteiger charge is 2.51. The van der Waals surface area contributed by atoms with Crippen molar-refractivity contribution in [3.63, 3.8) is 0 Å². The average molecular weight is 599 g/mol. The highest BCUT2D eigenvalue weighted by Crippen LogP contribution is 2.63. The van der Waals surface area contributed by atoms with Gasteiger partial charge in [0.15, 0.2) is 0 Å². The van der Waals surface area contributed by atoms with E-state index < -0.39 is 0 Å². The summed E-state index contributed by atoms with van der Waals surface area (Å²) in [6, 6.07) is 59.5. The lowest BCUT2D eigenvalue weighted by Gasteiger charge is -2.30. The van der Waals surface area contributed by atoms with E-state index in [0.717, 1.165) is 0 Å². The highest BCUT2D eigenvalue weighted by atomic mass is 32.2. The van der Waals surface area contributed by atoms with Gasteiger partial charge in [-0.15, -0.1) is 0 Å². The van der Waals surface area contributed by atoms with Crippen molar-refractivity contribution in [3.8, 4) is 44.5 Å². The molecule has 0 saturated carbocycles. The molecular formula is C45H26S. The van der Waals surface area contributed by atoms with Gasteiger partial charge in [-0.3, -0.25) is 0 Å². The van der Waals surface area contributed by atoms with Crippen molar-refractivity contribution in [2.24, 2.45) is 0 Å². The van der Waals surface area contributed by atoms with Crippen LogP contribution >= 0.6 is 11.8 Å². The molecule has 0 nitrogen and oxygen atoms in total. The lowest BCUT2D eigenvalue weighted by molar-refractivity contribution is 0.795. The van der Waals surface area contributed by atoms with Crippen molar-refractivity contribution in [1.82, 2.24) is 0 Å². The summed E-state index contributed by atoms with van der Waals surface area (Å²) in [5.41, 5.74) is 15.7. The van der Waals surface area contributed by atoms with Crippen molar-refractivity contribution < 1.29 is 0 Å². The Bertz CT molecular complexity index is 2620. The van der Waals surface area contributed by atoms with E-state index in [0.29, 0.717) is 0 Å². The molecule has 0 amide bonds. The van der Waals surface area contributed by atoms with E-state index in [1.165, 1.54) is 98.1 Å². The normalized spacial score (nSPS) is 16.3. The smallest absolute Gasteiger partial charge is 0.0725 e. The molecule has 212 valence electrons. The Morgan fingerprint density at radius 2 is 0.891 bits per heavy atom. The highest BCUT2D eigenvalue weighted by molar-refractivity contribution is 7.99. The van der Waals surface area contributed by atoms with E-state index in [1.807, 2.05) is 11.8 Å². The molecule has 2 aliphatic carbocycles. The first kappa shape index (κ1) is 24.9. The number of fused-ring (bicyclic) bond motifs is 13. The summed E-state index contributed by atoms with van der Waals surface area (Å²) >= 11 is 1.89. The Labute approximate surface area is 272 Å². The first-order valence-electron chi connectivity index (χ1n) is 16.0. The van der Waals surface area contributed by atoms with Crippen LogP contribution in [-0.4, -0.2) is 0 Å². The van der Waals surface area contributed by atoms with Gasteiger partial charge in [0.25, 0.3) is 0 Å². The van der Waals surface area contributed by atoms with Gasteiger partial charge in [0.05, 0.1) is 5.41 Å². The van der Waals surface area contributed by atoms with E-state index in [2.05, 4.69) is 158 Å². The van der Waals surface area contributed by atoms with Crippen molar-refractivity contribution >= 4 is 33.3 Å². The van der Waals surface area contributed by atoms with Crippen molar-refractivity contribution in [2.45, 2.75) is 15.2 Å². The lowest BCUT2D eigenvalue weighted by Crippen LogP contribution is -2.25. The molecule has 1 aliphatic heterocycles. The summed E-state index contributed by atoms with van der Waals surface area (Å²) in [6.45, 7) is 0. The lowest BCUT2D eigenvalue weighted by atomic mass is 9.70. The second-order valence-corrected chi connectivity index (χ2v) is 13.9. The van der Waals surface area contributed by atoms with Gasteiger partial charge < -0.3 is 0 Å². The minimum Gasteiger partial charge on any atom is -0.0888 e. The molecule has 46 heavy (non-hydrogen) atoms. The van der Waals surface area contributed by atoms with Gasteiger partial charge in [-0.05, 0) is 119 Å². The zero-order valence-electron chi connectivity index (χ0n) is 24.9. The predicted octanol–water partition coefficient (Wildman–Crippen LogP) is 12.1. The fraction of sp³-hybridized carbons (Fsp3) is 0.0222. The minimum absolute atomic E-state index is 0.341. The Hall–Kier alpha value is -5.37. The topological polar surface area (TPSA) is 0 Å². The molecule has 8 aromatic rings. The third kappa shape index (κ3) is 3.06. The van der Waals surface area contributed by atoms with Crippen LogP contribution in [0.15, 0.2) is 168 Å². The van der Waals surface area contributed by atoms with E-state index in [1.54, 1.807) is 0 Å². The van der Waals surface area contributed by atoms with Crippen LogP contribution in [0.1, 0.15) is 22.3 Å². The fourth-order valence-electron chi connectivity index (χ4n) is 8.75. The van der Waals surface area contributed by atoms with Gasteiger partial charge in [0.2, 0.25) is 0 Å². The van der Waals surface area contributed by atoms with Gasteiger partial charge in [-0.2, -0.15) is 0 Å². The SMILES string of the molecule is c1ccc2c(c1)-c1cc(-c3ccc4c(c3)-c3cccc5cccc(c35)S4)ccc1C21c2ccccc2-c2cc3ccccc3cc21. The Morgan fingerprint density at radius 1 is 0.326 bits per heavy atom. The van der Waals surface area contributed by atoms with Crippen LogP contribution in [0, 0.1) is 0 Å². The maximum absolute atomic E-state index is 2.46. The van der Waals surface area contributed by atoms with Gasteiger partial charge in [0.1, 0.15) is 0 Å². The molecule has 0 radical (unpaired) electrons. The molecule has 3 aliphatic rings. The van der Waals surface area contributed by atoms with Crippen LogP contribution in [-0.2, 0) is 5.41 Å². The van der Waals surface area contributed by atoms with Crippen molar-refractivity contribution in [3.05, 3.63) is 180 Å². The molecule has 1 heterocycles. The van der Waals surface area contributed by atoms with Crippen LogP contribution in [0.4, 0.5) is 0 Å². The Morgan fingerprint density at radius 3 is 1.67 bits per heavy atom. The molecule has 0 N–H and O–H groups in total. The van der Waals surface area contributed by atoms with E-state index in [9.17, 15) is 0 Å². The van der Waals surface area contributed by atoms with Crippen LogP contribution in [0.5, 0.6) is 0 Å². The molecule has 0 bridgehead atoms. The molecule has 0 fully saturated rings. The van der Waals surface area contributed by atoms with Crippen molar-refractivity contribution in [2.75, 3.05) is 0 Å². The fourth-order valence-corrected chi connectivity index (χ4v) is 9.88. The molecule has 1 unspecified atom stereocenters. The van der Waals surface area contributed by atoms with E-state index in [-0.39, 0.29) is 5.41 Å². The average Bonchev–Trinajstić information content (AvgIpc) is 3.57.